The summed E-state index contributed by atoms with van der Waals surface area (Å²) in [4.78, 5) is 29.1. The number of nitrogens with zero attached hydrogens (tertiary/aromatic N) is 2. The van der Waals surface area contributed by atoms with Gasteiger partial charge in [0, 0.05) is 25.6 Å². The van der Waals surface area contributed by atoms with Gasteiger partial charge in [0.25, 0.3) is 5.91 Å². The second-order valence-electron chi connectivity index (χ2n) is 7.45. The van der Waals surface area contributed by atoms with E-state index in [0.29, 0.717) is 35.2 Å². The van der Waals surface area contributed by atoms with Gasteiger partial charge in [-0.1, -0.05) is 36.1 Å². The molecule has 1 aromatic rings. The van der Waals surface area contributed by atoms with Gasteiger partial charge in [0.15, 0.2) is 9.84 Å². The van der Waals surface area contributed by atoms with Crippen molar-refractivity contribution in [2.75, 3.05) is 31.7 Å². The van der Waals surface area contributed by atoms with Gasteiger partial charge < -0.3 is 9.64 Å². The maximum Gasteiger partial charge on any atom is 0.266 e. The molecule has 0 aromatic heterocycles. The fourth-order valence-corrected chi connectivity index (χ4v) is 6.77. The summed E-state index contributed by atoms with van der Waals surface area (Å²) in [5.41, 5.74) is 0.876. The van der Waals surface area contributed by atoms with Crippen LogP contribution in [0.5, 0.6) is 5.75 Å². The van der Waals surface area contributed by atoms with Crippen LogP contribution in [0.3, 0.4) is 0 Å². The highest BCUT2D eigenvalue weighted by Crippen LogP contribution is 2.33. The fraction of sp³-hybridized carbons (Fsp3) is 0.476. The van der Waals surface area contributed by atoms with E-state index >= 15 is 0 Å². The van der Waals surface area contributed by atoms with Gasteiger partial charge in [-0.25, -0.2) is 8.42 Å². The van der Waals surface area contributed by atoms with Gasteiger partial charge in [0.2, 0.25) is 5.91 Å². The van der Waals surface area contributed by atoms with E-state index in [0.717, 1.165) is 11.3 Å². The number of thiocarbonyl (C=S) groups is 1. The minimum atomic E-state index is -3.05. The first kappa shape index (κ1) is 23.7. The zero-order valence-corrected chi connectivity index (χ0v) is 20.0. The molecule has 168 valence electrons. The third-order valence-corrected chi connectivity index (χ3v) is 8.50. The molecule has 3 rings (SSSR count). The average molecular weight is 483 g/mol. The number of benzene rings is 1. The highest BCUT2D eigenvalue weighted by Gasteiger charge is 2.34. The van der Waals surface area contributed by atoms with Crippen LogP contribution in [0.2, 0.25) is 0 Å². The maximum atomic E-state index is 12.8. The number of carbonyl (C=O) groups excluding carboxylic acids is 2. The van der Waals surface area contributed by atoms with Crippen LogP contribution >= 0.6 is 24.0 Å². The lowest BCUT2D eigenvalue weighted by Gasteiger charge is -2.27. The van der Waals surface area contributed by atoms with Crippen molar-refractivity contribution in [1.29, 1.82) is 0 Å². The summed E-state index contributed by atoms with van der Waals surface area (Å²) in [6.45, 7) is 2.69. The summed E-state index contributed by atoms with van der Waals surface area (Å²) in [6.07, 6.45) is 3.01. The van der Waals surface area contributed by atoms with Gasteiger partial charge in [-0.3, -0.25) is 14.5 Å². The van der Waals surface area contributed by atoms with Crippen molar-refractivity contribution < 1.29 is 22.7 Å². The minimum absolute atomic E-state index is 0.0391. The molecule has 1 aromatic carbocycles. The third-order valence-electron chi connectivity index (χ3n) is 5.37. The lowest BCUT2D eigenvalue weighted by atomic mass is 10.2. The molecule has 2 fully saturated rings. The van der Waals surface area contributed by atoms with Gasteiger partial charge in [0.1, 0.15) is 10.1 Å². The molecule has 0 N–H and O–H groups in total. The van der Waals surface area contributed by atoms with E-state index in [1.807, 2.05) is 31.2 Å². The number of methoxy groups -OCH3 is 1. The molecule has 10 heteroatoms. The summed E-state index contributed by atoms with van der Waals surface area (Å²) in [7, 11) is -1.45. The number of rotatable bonds is 8. The fourth-order valence-electron chi connectivity index (χ4n) is 3.74. The van der Waals surface area contributed by atoms with Crippen molar-refractivity contribution in [3.63, 3.8) is 0 Å². The Morgan fingerprint density at radius 2 is 2.06 bits per heavy atom. The van der Waals surface area contributed by atoms with Gasteiger partial charge in [-0.2, -0.15) is 0 Å². The van der Waals surface area contributed by atoms with Gasteiger partial charge in [-0.15, -0.1) is 0 Å². The molecule has 0 saturated carbocycles. The van der Waals surface area contributed by atoms with Crippen molar-refractivity contribution in [3.05, 3.63) is 34.7 Å². The predicted octanol–water partition coefficient (Wildman–Crippen LogP) is 2.71. The van der Waals surface area contributed by atoms with Gasteiger partial charge in [-0.05, 0) is 43.5 Å². The molecule has 2 heterocycles. The van der Waals surface area contributed by atoms with E-state index in [1.165, 1.54) is 16.7 Å². The van der Waals surface area contributed by atoms with Crippen LogP contribution in [-0.2, 0) is 19.4 Å². The van der Waals surface area contributed by atoms with E-state index in [1.54, 1.807) is 18.1 Å². The predicted molar refractivity (Wildman–Crippen MR) is 127 cm³/mol. The Morgan fingerprint density at radius 1 is 1.35 bits per heavy atom. The Bertz CT molecular complexity index is 989. The largest absolute Gasteiger partial charge is 0.497 e. The standard InChI is InChI=1S/C21H26N2O5S3/c1-3-22(16-10-12-31(26,27)14-16)19(24)5-4-11-23-20(25)18(30-21(23)29)13-15-6-8-17(28-2)9-7-15/h6-9,13,16H,3-5,10-12,14H2,1-2H3/b18-13-/t16-/m1/s1. The number of carbonyl (C=O) groups is 2. The average Bonchev–Trinajstić information content (AvgIpc) is 3.22. The van der Waals surface area contributed by atoms with Crippen LogP contribution in [0.15, 0.2) is 29.2 Å². The molecule has 0 spiro atoms. The summed E-state index contributed by atoms with van der Waals surface area (Å²) < 4.78 is 29.1. The molecule has 0 unspecified atom stereocenters. The molecule has 0 bridgehead atoms. The molecule has 2 amide bonds. The second-order valence-corrected chi connectivity index (χ2v) is 11.4. The van der Waals surface area contributed by atoms with Gasteiger partial charge in [0.05, 0.1) is 23.5 Å². The van der Waals surface area contributed by atoms with Crippen LogP contribution in [0, 0.1) is 0 Å². The van der Waals surface area contributed by atoms with E-state index in [4.69, 9.17) is 17.0 Å². The highest BCUT2D eigenvalue weighted by molar-refractivity contribution is 8.26. The van der Waals surface area contributed by atoms with Crippen LogP contribution < -0.4 is 4.74 Å². The Labute approximate surface area is 192 Å². The van der Waals surface area contributed by atoms with E-state index < -0.39 is 9.84 Å². The van der Waals surface area contributed by atoms with Gasteiger partial charge >= 0.3 is 0 Å². The van der Waals surface area contributed by atoms with Crippen LogP contribution in [0.25, 0.3) is 6.08 Å². The molecule has 2 aliphatic heterocycles. The summed E-state index contributed by atoms with van der Waals surface area (Å²) in [5.74, 6) is 0.678. The molecule has 0 aliphatic carbocycles. The lowest BCUT2D eigenvalue weighted by molar-refractivity contribution is -0.133. The Kier molecular flexibility index (Phi) is 7.77. The van der Waals surface area contributed by atoms with E-state index in [2.05, 4.69) is 0 Å². The Morgan fingerprint density at radius 3 is 2.65 bits per heavy atom. The number of ether oxygens (including phenoxy) is 1. The molecule has 2 saturated heterocycles. The van der Waals surface area contributed by atoms with Crippen molar-refractivity contribution in [2.45, 2.75) is 32.2 Å². The maximum absolute atomic E-state index is 12.8. The quantitative estimate of drug-likeness (QED) is 0.416. The van der Waals surface area contributed by atoms with Crippen molar-refractivity contribution in [3.8, 4) is 5.75 Å². The number of hydrogen-bond donors (Lipinski definition) is 0. The topological polar surface area (TPSA) is 84.0 Å². The zero-order valence-electron chi connectivity index (χ0n) is 17.6. The second kappa shape index (κ2) is 10.1. The number of thioether (sulfide) groups is 1. The van der Waals surface area contributed by atoms with Crippen LogP contribution in [0.4, 0.5) is 0 Å². The molecule has 0 radical (unpaired) electrons. The van der Waals surface area contributed by atoms with E-state index in [9.17, 15) is 18.0 Å². The zero-order chi connectivity index (χ0) is 22.6. The van der Waals surface area contributed by atoms with Crippen molar-refractivity contribution in [1.82, 2.24) is 9.80 Å². The van der Waals surface area contributed by atoms with Crippen molar-refractivity contribution in [2.24, 2.45) is 0 Å². The highest BCUT2D eigenvalue weighted by atomic mass is 32.2. The third kappa shape index (κ3) is 5.87. The monoisotopic (exact) mass is 482 g/mol. The minimum Gasteiger partial charge on any atom is -0.497 e. The first-order valence-electron chi connectivity index (χ1n) is 10.1. The number of hydrogen-bond acceptors (Lipinski definition) is 7. The molecule has 31 heavy (non-hydrogen) atoms. The van der Waals surface area contributed by atoms with Crippen LogP contribution in [-0.4, -0.2) is 72.1 Å². The first-order chi connectivity index (χ1) is 14.7. The molecular weight excluding hydrogens is 456 g/mol. The van der Waals surface area contributed by atoms with Crippen molar-refractivity contribution >= 4 is 56.0 Å². The number of sulfone groups is 1. The molecule has 1 atom stereocenters. The Balaban J connectivity index is 1.55. The summed E-state index contributed by atoms with van der Waals surface area (Å²) >= 11 is 6.61. The summed E-state index contributed by atoms with van der Waals surface area (Å²) in [5, 5.41) is 0. The first-order valence-corrected chi connectivity index (χ1v) is 13.2. The van der Waals surface area contributed by atoms with Crippen LogP contribution in [0.1, 0.15) is 31.7 Å². The normalized spacial score (nSPS) is 21.7. The molecular formula is C21H26N2O5S3. The molecule has 7 nitrogen and oxygen atoms in total. The lowest BCUT2D eigenvalue weighted by Crippen LogP contribution is -2.41. The molecule has 2 aliphatic rings. The Hall–Kier alpha value is -1.91. The SMILES string of the molecule is CCN(C(=O)CCCN1C(=O)/C(=C/c2ccc(OC)cc2)SC1=S)[C@@H]1CCS(=O)(=O)C1. The van der Waals surface area contributed by atoms with E-state index in [-0.39, 0.29) is 35.8 Å². The summed E-state index contributed by atoms with van der Waals surface area (Å²) in [6, 6.07) is 7.14. The number of amides is 2. The smallest absolute Gasteiger partial charge is 0.266 e.